The lowest BCUT2D eigenvalue weighted by molar-refractivity contribution is 0.267. The third kappa shape index (κ3) is 4.86. The number of ether oxygens (including phenoxy) is 1. The van der Waals surface area contributed by atoms with Gasteiger partial charge in [0.25, 0.3) is 0 Å². The van der Waals surface area contributed by atoms with Gasteiger partial charge < -0.3 is 15.4 Å². The van der Waals surface area contributed by atoms with Crippen LogP contribution < -0.4 is 15.4 Å². The molecule has 21 heavy (non-hydrogen) atoms. The molecule has 5 heteroatoms. The number of nitrogens with one attached hydrogen (secondary N) is 2. The lowest BCUT2D eigenvalue weighted by atomic mass is 10.2. The fourth-order valence-corrected chi connectivity index (χ4v) is 2.90. The first-order valence-electron chi connectivity index (χ1n) is 7.61. The van der Waals surface area contributed by atoms with Gasteiger partial charge in [-0.3, -0.25) is 4.90 Å². The first-order valence-corrected chi connectivity index (χ1v) is 8.02. The monoisotopic (exact) mass is 307 g/mol. The summed E-state index contributed by atoms with van der Waals surface area (Å²) in [5.41, 5.74) is 1.19. The van der Waals surface area contributed by atoms with Crippen LogP contribution in [-0.4, -0.2) is 42.8 Å². The van der Waals surface area contributed by atoms with Crippen molar-refractivity contribution in [1.82, 2.24) is 15.5 Å². The molecule has 0 bridgehead atoms. The zero-order valence-electron chi connectivity index (χ0n) is 12.9. The molecule has 1 atom stereocenters. The average Bonchev–Trinajstić information content (AvgIpc) is 2.99. The van der Waals surface area contributed by atoms with Crippen LogP contribution in [0.25, 0.3) is 0 Å². The first-order chi connectivity index (χ1) is 10.2. The SMILES string of the molecule is CCN1CCC[C@H]1CNC(=S)NCc1ccc(OC)cc1. The van der Waals surface area contributed by atoms with Gasteiger partial charge in [0.15, 0.2) is 5.11 Å². The number of likely N-dealkylation sites (N-methyl/N-ethyl adjacent to an activating group) is 1. The van der Waals surface area contributed by atoms with E-state index >= 15 is 0 Å². The van der Waals surface area contributed by atoms with E-state index in [1.54, 1.807) is 7.11 Å². The van der Waals surface area contributed by atoms with Crippen LogP contribution >= 0.6 is 12.2 Å². The van der Waals surface area contributed by atoms with Crippen LogP contribution in [0.4, 0.5) is 0 Å². The summed E-state index contributed by atoms with van der Waals surface area (Å²) in [6.45, 7) is 6.23. The van der Waals surface area contributed by atoms with Crippen molar-refractivity contribution in [3.05, 3.63) is 29.8 Å². The van der Waals surface area contributed by atoms with Gasteiger partial charge in [-0.2, -0.15) is 0 Å². The molecule has 1 saturated heterocycles. The van der Waals surface area contributed by atoms with E-state index in [4.69, 9.17) is 17.0 Å². The van der Waals surface area contributed by atoms with Crippen molar-refractivity contribution in [3.63, 3.8) is 0 Å². The van der Waals surface area contributed by atoms with E-state index in [-0.39, 0.29) is 0 Å². The molecule has 0 spiro atoms. The predicted molar refractivity (Wildman–Crippen MR) is 90.7 cm³/mol. The number of methoxy groups -OCH3 is 1. The van der Waals surface area contributed by atoms with Crippen molar-refractivity contribution in [2.45, 2.75) is 32.4 Å². The van der Waals surface area contributed by atoms with Gasteiger partial charge in [0.05, 0.1) is 7.11 Å². The zero-order chi connectivity index (χ0) is 15.1. The predicted octanol–water partition coefficient (Wildman–Crippen LogP) is 2.14. The molecule has 0 amide bonds. The van der Waals surface area contributed by atoms with Crippen molar-refractivity contribution in [2.75, 3.05) is 26.7 Å². The van der Waals surface area contributed by atoms with Crippen molar-refractivity contribution < 1.29 is 4.74 Å². The molecule has 1 aliphatic rings. The van der Waals surface area contributed by atoms with Crippen LogP contribution in [-0.2, 0) is 6.54 Å². The number of likely N-dealkylation sites (tertiary alicyclic amines) is 1. The fourth-order valence-electron chi connectivity index (χ4n) is 2.74. The normalized spacial score (nSPS) is 18.5. The van der Waals surface area contributed by atoms with Crippen LogP contribution in [0.15, 0.2) is 24.3 Å². The van der Waals surface area contributed by atoms with Crippen molar-refractivity contribution in [3.8, 4) is 5.75 Å². The number of rotatable bonds is 6. The van der Waals surface area contributed by atoms with Gasteiger partial charge in [-0.1, -0.05) is 19.1 Å². The number of benzene rings is 1. The summed E-state index contributed by atoms with van der Waals surface area (Å²) in [5, 5.41) is 7.32. The maximum atomic E-state index is 5.35. The molecule has 116 valence electrons. The molecular formula is C16H25N3OS. The Balaban J connectivity index is 1.69. The lowest BCUT2D eigenvalue weighted by Crippen LogP contribution is -2.43. The Morgan fingerprint density at radius 1 is 1.33 bits per heavy atom. The zero-order valence-corrected chi connectivity index (χ0v) is 13.7. The second-order valence-electron chi connectivity index (χ2n) is 5.34. The Labute approximate surface area is 132 Å². The average molecular weight is 307 g/mol. The smallest absolute Gasteiger partial charge is 0.166 e. The second-order valence-corrected chi connectivity index (χ2v) is 5.74. The van der Waals surface area contributed by atoms with E-state index in [2.05, 4.69) is 22.5 Å². The minimum absolute atomic E-state index is 0.621. The molecular weight excluding hydrogens is 282 g/mol. The minimum atomic E-state index is 0.621. The first kappa shape index (κ1) is 16.0. The number of hydrogen-bond donors (Lipinski definition) is 2. The molecule has 1 heterocycles. The largest absolute Gasteiger partial charge is 0.497 e. The summed E-state index contributed by atoms with van der Waals surface area (Å²) >= 11 is 5.35. The highest BCUT2D eigenvalue weighted by Crippen LogP contribution is 2.15. The molecule has 1 aliphatic heterocycles. The van der Waals surface area contributed by atoms with Crippen LogP contribution in [0.1, 0.15) is 25.3 Å². The Bertz CT molecular complexity index is 449. The molecule has 0 aliphatic carbocycles. The Morgan fingerprint density at radius 3 is 2.76 bits per heavy atom. The summed E-state index contributed by atoms with van der Waals surface area (Å²) in [6, 6.07) is 8.64. The van der Waals surface area contributed by atoms with Gasteiger partial charge in [-0.05, 0) is 55.8 Å². The van der Waals surface area contributed by atoms with Crippen LogP contribution in [0, 0.1) is 0 Å². The van der Waals surface area contributed by atoms with E-state index in [1.807, 2.05) is 24.3 Å². The van der Waals surface area contributed by atoms with Crippen molar-refractivity contribution >= 4 is 17.3 Å². The topological polar surface area (TPSA) is 36.5 Å². The summed E-state index contributed by atoms with van der Waals surface area (Å²) in [5.74, 6) is 0.875. The summed E-state index contributed by atoms with van der Waals surface area (Å²) < 4.78 is 5.15. The molecule has 0 unspecified atom stereocenters. The van der Waals surface area contributed by atoms with Crippen molar-refractivity contribution in [1.29, 1.82) is 0 Å². The summed E-state index contributed by atoms with van der Waals surface area (Å²) in [7, 11) is 1.68. The maximum absolute atomic E-state index is 5.35. The molecule has 1 aromatic rings. The molecule has 2 rings (SSSR count). The third-order valence-corrected chi connectivity index (χ3v) is 4.30. The third-order valence-electron chi connectivity index (χ3n) is 4.02. The Kier molecular flexibility index (Phi) is 6.26. The number of nitrogens with zero attached hydrogens (tertiary/aromatic N) is 1. The lowest BCUT2D eigenvalue weighted by Gasteiger charge is -2.23. The molecule has 2 N–H and O–H groups in total. The Hall–Kier alpha value is -1.33. The van der Waals surface area contributed by atoms with Crippen LogP contribution in [0.5, 0.6) is 5.75 Å². The highest BCUT2D eigenvalue weighted by atomic mass is 32.1. The molecule has 0 aromatic heterocycles. The number of thiocarbonyl (C=S) groups is 1. The maximum Gasteiger partial charge on any atom is 0.166 e. The number of hydrogen-bond acceptors (Lipinski definition) is 3. The molecule has 4 nitrogen and oxygen atoms in total. The molecule has 1 aromatic carbocycles. The van der Waals surface area contributed by atoms with Gasteiger partial charge in [0, 0.05) is 19.1 Å². The Morgan fingerprint density at radius 2 is 2.10 bits per heavy atom. The van der Waals surface area contributed by atoms with Crippen molar-refractivity contribution in [2.24, 2.45) is 0 Å². The highest BCUT2D eigenvalue weighted by Gasteiger charge is 2.22. The standard InChI is InChI=1S/C16H25N3OS/c1-3-19-10-4-5-14(19)12-18-16(21)17-11-13-6-8-15(20-2)9-7-13/h6-9,14H,3-5,10-12H2,1-2H3,(H2,17,18,21)/t14-/m0/s1. The van der Waals surface area contributed by atoms with Gasteiger partial charge in [-0.15, -0.1) is 0 Å². The van der Waals surface area contributed by atoms with Crippen LogP contribution in [0.3, 0.4) is 0 Å². The van der Waals surface area contributed by atoms with E-state index < -0.39 is 0 Å². The van der Waals surface area contributed by atoms with E-state index in [9.17, 15) is 0 Å². The molecule has 0 radical (unpaired) electrons. The van der Waals surface area contributed by atoms with Gasteiger partial charge in [0.2, 0.25) is 0 Å². The van der Waals surface area contributed by atoms with E-state index in [0.717, 1.165) is 30.5 Å². The summed E-state index contributed by atoms with van der Waals surface area (Å²) in [4.78, 5) is 2.51. The highest BCUT2D eigenvalue weighted by molar-refractivity contribution is 7.80. The van der Waals surface area contributed by atoms with Crippen LogP contribution in [0.2, 0.25) is 0 Å². The minimum Gasteiger partial charge on any atom is -0.497 e. The van der Waals surface area contributed by atoms with Gasteiger partial charge >= 0.3 is 0 Å². The fraction of sp³-hybridized carbons (Fsp3) is 0.562. The summed E-state index contributed by atoms with van der Waals surface area (Å²) in [6.07, 6.45) is 2.56. The van der Waals surface area contributed by atoms with E-state index in [1.165, 1.54) is 24.9 Å². The molecule has 0 saturated carbocycles. The molecule has 1 fully saturated rings. The van der Waals surface area contributed by atoms with E-state index in [0.29, 0.717) is 6.04 Å². The van der Waals surface area contributed by atoms with Gasteiger partial charge in [0.1, 0.15) is 5.75 Å². The van der Waals surface area contributed by atoms with Gasteiger partial charge in [-0.25, -0.2) is 0 Å². The quantitative estimate of drug-likeness (QED) is 0.788. The second kappa shape index (κ2) is 8.20.